The van der Waals surface area contributed by atoms with Crippen LogP contribution in [0.5, 0.6) is 17.4 Å². The summed E-state index contributed by atoms with van der Waals surface area (Å²) in [5, 5.41) is 11.3. The van der Waals surface area contributed by atoms with E-state index in [-0.39, 0.29) is 5.75 Å². The monoisotopic (exact) mass is 548 g/mol. The molecule has 36 heavy (non-hydrogen) atoms. The van der Waals surface area contributed by atoms with Gasteiger partial charge in [-0.15, -0.1) is 9.24 Å². The molecule has 2 N–H and O–H groups in total. The number of para-hydroxylation sites is 2. The average Bonchev–Trinajstić information content (AvgIpc) is 3.15. The molecule has 12 heteroatoms. The zero-order chi connectivity index (χ0) is 25.9. The molecule has 2 atom stereocenters. The van der Waals surface area contributed by atoms with Gasteiger partial charge in [0.25, 0.3) is 0 Å². The number of rotatable bonds is 7. The molecule has 4 rings (SSSR count). The number of halogens is 3. The van der Waals surface area contributed by atoms with Gasteiger partial charge in [0.15, 0.2) is 5.75 Å². The number of hydrogen-bond acceptors (Lipinski definition) is 4. The molecule has 0 saturated carbocycles. The molecule has 0 bridgehead atoms. The Morgan fingerprint density at radius 3 is 2.47 bits per heavy atom. The number of urea groups is 1. The van der Waals surface area contributed by atoms with Gasteiger partial charge >= 0.3 is 11.9 Å². The minimum atomic E-state index is -3.38. The first-order valence-electron chi connectivity index (χ1n) is 10.5. The van der Waals surface area contributed by atoms with E-state index in [9.17, 15) is 13.6 Å². The zero-order valence-corrected chi connectivity index (χ0v) is 21.9. The number of ether oxygens (including phenoxy) is 2. The molecule has 2 unspecified atom stereocenters. The highest BCUT2D eigenvalue weighted by molar-refractivity contribution is 7.27. The quantitative estimate of drug-likeness (QED) is 0.256. The number of anilines is 2. The number of aryl methyl sites for hydroxylation is 1. The zero-order valence-electron chi connectivity index (χ0n) is 18.8. The minimum absolute atomic E-state index is 0.0426. The lowest BCUT2D eigenvalue weighted by Gasteiger charge is -2.15. The van der Waals surface area contributed by atoms with Crippen LogP contribution in [0.2, 0.25) is 5.02 Å². The Kier molecular flexibility index (Phi) is 7.74. The van der Waals surface area contributed by atoms with Crippen LogP contribution in [-0.4, -0.2) is 21.7 Å². The van der Waals surface area contributed by atoms with E-state index in [2.05, 4.69) is 29.7 Å². The maximum Gasteiger partial charge on any atom is 0.408 e. The number of nitrogens with one attached hydrogen (secondary N) is 2. The van der Waals surface area contributed by atoms with E-state index in [0.717, 1.165) is 5.30 Å². The van der Waals surface area contributed by atoms with Crippen LogP contribution < -0.4 is 25.4 Å². The van der Waals surface area contributed by atoms with Crippen molar-refractivity contribution in [3.05, 3.63) is 83.5 Å². The van der Waals surface area contributed by atoms with Gasteiger partial charge < -0.3 is 20.1 Å². The van der Waals surface area contributed by atoms with E-state index in [1.54, 1.807) is 41.1 Å². The predicted octanol–water partition coefficient (Wildman–Crippen LogP) is 6.58. The standard InChI is InChI=1S/C24H21ClF2N4O3P2/c1-14-12-22(31(30-14)20-11-10-17(35)13-18(20)25)33-21-5-3-2-4-19(21)29-23(32)28-15-6-8-16(9-7-15)34-24(26,27)36/h2-13H,35-36H2,1H3,(H2,28,29,32). The third-order valence-electron chi connectivity index (χ3n) is 4.71. The lowest BCUT2D eigenvalue weighted by molar-refractivity contribution is -0.0892. The van der Waals surface area contributed by atoms with E-state index in [0.29, 0.717) is 39.4 Å². The van der Waals surface area contributed by atoms with E-state index in [1.807, 2.05) is 19.1 Å². The second-order valence-electron chi connectivity index (χ2n) is 7.61. The fraction of sp³-hybridized carbons (Fsp3) is 0.0833. The molecule has 186 valence electrons. The maximum absolute atomic E-state index is 12.9. The first-order valence-corrected chi connectivity index (χ1v) is 12.0. The van der Waals surface area contributed by atoms with Crippen LogP contribution in [0.15, 0.2) is 72.8 Å². The number of amides is 2. The molecule has 0 aliphatic rings. The normalized spacial score (nSPS) is 11.2. The van der Waals surface area contributed by atoms with Gasteiger partial charge in [0.05, 0.1) is 22.1 Å². The summed E-state index contributed by atoms with van der Waals surface area (Å²) in [6.07, 6.45) is 0. The molecule has 0 fully saturated rings. The largest absolute Gasteiger partial charge is 0.437 e. The fourth-order valence-electron chi connectivity index (χ4n) is 3.24. The molecule has 0 aliphatic carbocycles. The van der Waals surface area contributed by atoms with Crippen molar-refractivity contribution in [2.24, 2.45) is 0 Å². The highest BCUT2D eigenvalue weighted by Gasteiger charge is 2.23. The van der Waals surface area contributed by atoms with Crippen molar-refractivity contribution < 1.29 is 23.0 Å². The summed E-state index contributed by atoms with van der Waals surface area (Å²) in [7, 11) is 3.88. The number of benzene rings is 3. The Morgan fingerprint density at radius 1 is 1.06 bits per heavy atom. The molecular weight excluding hydrogens is 528 g/mol. The van der Waals surface area contributed by atoms with Gasteiger partial charge in [-0.25, -0.2) is 4.79 Å². The second-order valence-corrected chi connectivity index (χ2v) is 9.36. The van der Waals surface area contributed by atoms with Crippen molar-refractivity contribution in [3.63, 3.8) is 0 Å². The van der Waals surface area contributed by atoms with Crippen LogP contribution in [0.1, 0.15) is 5.69 Å². The molecule has 3 aromatic carbocycles. The van der Waals surface area contributed by atoms with Crippen molar-refractivity contribution >= 4 is 52.8 Å². The van der Waals surface area contributed by atoms with E-state index >= 15 is 0 Å². The molecule has 2 amide bonds. The lowest BCUT2D eigenvalue weighted by Crippen LogP contribution is -2.20. The van der Waals surface area contributed by atoms with Gasteiger partial charge in [0.2, 0.25) is 5.88 Å². The van der Waals surface area contributed by atoms with Crippen LogP contribution in [0.25, 0.3) is 5.69 Å². The van der Waals surface area contributed by atoms with Gasteiger partial charge in [0.1, 0.15) is 5.75 Å². The van der Waals surface area contributed by atoms with E-state index in [4.69, 9.17) is 16.3 Å². The van der Waals surface area contributed by atoms with Gasteiger partial charge in [-0.1, -0.05) is 29.8 Å². The van der Waals surface area contributed by atoms with Crippen LogP contribution in [0.3, 0.4) is 0 Å². The Labute approximate surface area is 215 Å². The molecule has 1 aromatic heterocycles. The Morgan fingerprint density at radius 2 is 1.78 bits per heavy atom. The van der Waals surface area contributed by atoms with Crippen molar-refractivity contribution in [1.29, 1.82) is 0 Å². The number of nitrogens with zero attached hydrogens (tertiary/aromatic N) is 2. The molecular formula is C24H21ClF2N4O3P2. The summed E-state index contributed by atoms with van der Waals surface area (Å²) in [6, 6.07) is 19.1. The van der Waals surface area contributed by atoms with Gasteiger partial charge in [-0.2, -0.15) is 18.6 Å². The topological polar surface area (TPSA) is 77.4 Å². The summed E-state index contributed by atoms with van der Waals surface area (Å²) in [4.78, 5) is 12.6. The molecule has 0 spiro atoms. The fourth-order valence-corrected chi connectivity index (χ4v) is 4.01. The maximum atomic E-state index is 12.9. The summed E-state index contributed by atoms with van der Waals surface area (Å²) >= 11 is 6.43. The number of alkyl halides is 2. The summed E-state index contributed by atoms with van der Waals surface area (Å²) in [5.41, 5.74) is 2.13. The van der Waals surface area contributed by atoms with Crippen molar-refractivity contribution in [3.8, 4) is 23.1 Å². The first kappa shape index (κ1) is 25.8. The van der Waals surface area contributed by atoms with Crippen LogP contribution in [0.4, 0.5) is 25.0 Å². The molecule has 4 aromatic rings. The summed E-state index contributed by atoms with van der Waals surface area (Å²) < 4.78 is 38.1. The summed E-state index contributed by atoms with van der Waals surface area (Å²) in [5.74, 6) is -2.64. The van der Waals surface area contributed by atoms with E-state index < -0.39 is 11.9 Å². The summed E-state index contributed by atoms with van der Waals surface area (Å²) in [6.45, 7) is 1.83. The molecule has 1 heterocycles. The Hall–Kier alpha value is -3.25. The second kappa shape index (κ2) is 10.8. The highest BCUT2D eigenvalue weighted by Crippen LogP contribution is 2.33. The Bertz CT molecular complexity index is 1400. The number of carbonyl (C=O) groups is 1. The smallest absolute Gasteiger partial charge is 0.408 e. The van der Waals surface area contributed by atoms with E-state index in [1.165, 1.54) is 33.5 Å². The molecule has 7 nitrogen and oxygen atoms in total. The van der Waals surface area contributed by atoms with Crippen LogP contribution in [-0.2, 0) is 0 Å². The van der Waals surface area contributed by atoms with Crippen molar-refractivity contribution in [2.45, 2.75) is 12.8 Å². The first-order chi connectivity index (χ1) is 17.1. The molecule has 0 radical (unpaired) electrons. The SMILES string of the molecule is Cc1cc(Oc2ccccc2NC(=O)Nc2ccc(OC(F)(F)P)cc2)n(-c2ccc(P)cc2Cl)n1. The number of carbonyl (C=O) groups excluding carboxylic acids is 1. The third kappa shape index (κ3) is 6.70. The molecule has 0 aliphatic heterocycles. The van der Waals surface area contributed by atoms with Crippen molar-refractivity contribution in [1.82, 2.24) is 9.78 Å². The third-order valence-corrected chi connectivity index (χ3v) is 5.49. The average molecular weight is 549 g/mol. The van der Waals surface area contributed by atoms with Gasteiger partial charge in [0, 0.05) is 11.8 Å². The molecule has 0 saturated heterocycles. The van der Waals surface area contributed by atoms with Crippen molar-refractivity contribution in [2.75, 3.05) is 10.6 Å². The number of hydrogen-bond donors (Lipinski definition) is 2. The lowest BCUT2D eigenvalue weighted by atomic mass is 10.3. The minimum Gasteiger partial charge on any atom is -0.437 e. The number of aromatic nitrogens is 2. The van der Waals surface area contributed by atoms with Gasteiger partial charge in [-0.3, -0.25) is 0 Å². The Balaban J connectivity index is 1.50. The van der Waals surface area contributed by atoms with Crippen LogP contribution >= 0.6 is 30.1 Å². The van der Waals surface area contributed by atoms with Crippen LogP contribution in [0, 0.1) is 6.92 Å². The highest BCUT2D eigenvalue weighted by atomic mass is 35.5. The van der Waals surface area contributed by atoms with Gasteiger partial charge in [-0.05, 0) is 70.0 Å². The predicted molar refractivity (Wildman–Crippen MR) is 144 cm³/mol.